The molecule has 1 amide bonds. The summed E-state index contributed by atoms with van der Waals surface area (Å²) in [5.41, 5.74) is 2.38. The smallest absolute Gasteiger partial charge is 0.338 e. The monoisotopic (exact) mass is 399 g/mol. The molecule has 3 rings (SSSR count). The number of methoxy groups -OCH3 is 1. The number of rotatable bonds is 6. The van der Waals surface area contributed by atoms with Gasteiger partial charge >= 0.3 is 5.97 Å². The van der Waals surface area contributed by atoms with Crippen molar-refractivity contribution >= 4 is 23.6 Å². The van der Waals surface area contributed by atoms with Gasteiger partial charge in [0.15, 0.2) is 0 Å². The van der Waals surface area contributed by atoms with E-state index >= 15 is 0 Å². The minimum Gasteiger partial charge on any atom is -0.465 e. The van der Waals surface area contributed by atoms with Crippen LogP contribution in [0.15, 0.2) is 48.5 Å². The Balaban J connectivity index is 1.87. The van der Waals surface area contributed by atoms with Gasteiger partial charge in [0.25, 0.3) is 5.91 Å². The lowest BCUT2D eigenvalue weighted by atomic mass is 9.94. The van der Waals surface area contributed by atoms with E-state index in [1.165, 1.54) is 7.11 Å². The van der Waals surface area contributed by atoms with Crippen LogP contribution >= 0.6 is 11.8 Å². The highest BCUT2D eigenvalue weighted by Gasteiger charge is 2.32. The van der Waals surface area contributed by atoms with Crippen LogP contribution in [-0.4, -0.2) is 49.7 Å². The fourth-order valence-electron chi connectivity index (χ4n) is 3.45. The SMILES string of the molecule is COC(=O)c1ccccc1-c1ccccc1C(=O)NCC1(SC)CCOCC1. The van der Waals surface area contributed by atoms with E-state index < -0.39 is 5.97 Å². The van der Waals surface area contributed by atoms with Crippen LogP contribution in [-0.2, 0) is 9.47 Å². The van der Waals surface area contributed by atoms with Crippen molar-refractivity contribution in [2.24, 2.45) is 0 Å². The first-order chi connectivity index (χ1) is 13.6. The molecule has 1 N–H and O–H groups in total. The van der Waals surface area contributed by atoms with Gasteiger partial charge in [0, 0.05) is 30.1 Å². The van der Waals surface area contributed by atoms with Gasteiger partial charge in [0.1, 0.15) is 0 Å². The highest BCUT2D eigenvalue weighted by atomic mass is 32.2. The molecule has 0 bridgehead atoms. The zero-order valence-electron chi connectivity index (χ0n) is 16.2. The molecule has 0 atom stereocenters. The van der Waals surface area contributed by atoms with Gasteiger partial charge in [0.05, 0.1) is 12.7 Å². The molecule has 0 unspecified atom stereocenters. The molecular weight excluding hydrogens is 374 g/mol. The van der Waals surface area contributed by atoms with Crippen molar-refractivity contribution in [3.05, 3.63) is 59.7 Å². The summed E-state index contributed by atoms with van der Waals surface area (Å²) in [4.78, 5) is 25.2. The molecule has 1 aliphatic rings. The second kappa shape index (κ2) is 9.26. The second-order valence-electron chi connectivity index (χ2n) is 6.76. The highest BCUT2D eigenvalue weighted by Crippen LogP contribution is 2.33. The number of thioether (sulfide) groups is 1. The molecule has 5 nitrogen and oxygen atoms in total. The summed E-state index contributed by atoms with van der Waals surface area (Å²) in [5, 5.41) is 3.10. The van der Waals surface area contributed by atoms with Crippen LogP contribution in [0.25, 0.3) is 11.1 Å². The maximum Gasteiger partial charge on any atom is 0.338 e. The molecular formula is C22H25NO4S. The molecule has 1 saturated heterocycles. The number of carbonyl (C=O) groups excluding carboxylic acids is 2. The third-order valence-corrected chi connectivity index (χ3v) is 6.62. The summed E-state index contributed by atoms with van der Waals surface area (Å²) in [5.74, 6) is -0.565. The number of nitrogens with one attached hydrogen (secondary N) is 1. The van der Waals surface area contributed by atoms with Gasteiger partial charge in [-0.2, -0.15) is 11.8 Å². The lowest BCUT2D eigenvalue weighted by Gasteiger charge is -2.35. The standard InChI is InChI=1S/C22H25NO4S/c1-26-21(25)19-10-6-4-8-17(19)16-7-3-5-9-18(16)20(24)23-15-22(28-2)11-13-27-14-12-22/h3-10H,11-15H2,1-2H3,(H,23,24). The summed E-state index contributed by atoms with van der Waals surface area (Å²) < 4.78 is 10.4. The van der Waals surface area contributed by atoms with E-state index in [-0.39, 0.29) is 10.7 Å². The highest BCUT2D eigenvalue weighted by molar-refractivity contribution is 8.00. The first kappa shape index (κ1) is 20.4. The van der Waals surface area contributed by atoms with Crippen molar-refractivity contribution in [1.82, 2.24) is 5.32 Å². The molecule has 0 aliphatic carbocycles. The van der Waals surface area contributed by atoms with Crippen molar-refractivity contribution in [3.63, 3.8) is 0 Å². The minimum absolute atomic E-state index is 0.00672. The first-order valence-electron chi connectivity index (χ1n) is 9.28. The van der Waals surface area contributed by atoms with Gasteiger partial charge in [-0.3, -0.25) is 4.79 Å². The van der Waals surface area contributed by atoms with E-state index in [0.29, 0.717) is 28.8 Å². The van der Waals surface area contributed by atoms with Gasteiger partial charge in [-0.15, -0.1) is 0 Å². The zero-order chi connectivity index (χ0) is 20.0. The molecule has 2 aromatic carbocycles. The maximum atomic E-state index is 13.0. The number of hydrogen-bond donors (Lipinski definition) is 1. The van der Waals surface area contributed by atoms with Crippen LogP contribution in [0, 0.1) is 0 Å². The number of amides is 1. The first-order valence-corrected chi connectivity index (χ1v) is 10.5. The lowest BCUT2D eigenvalue weighted by molar-refractivity contribution is 0.0601. The van der Waals surface area contributed by atoms with Crippen molar-refractivity contribution < 1.29 is 19.1 Å². The molecule has 6 heteroatoms. The number of esters is 1. The largest absolute Gasteiger partial charge is 0.465 e. The van der Waals surface area contributed by atoms with Gasteiger partial charge in [0.2, 0.25) is 0 Å². The summed E-state index contributed by atoms with van der Waals surface area (Å²) in [7, 11) is 1.35. The number of benzene rings is 2. The average Bonchev–Trinajstić information content (AvgIpc) is 2.77. The van der Waals surface area contributed by atoms with Crippen molar-refractivity contribution in [2.45, 2.75) is 17.6 Å². The number of carbonyl (C=O) groups is 2. The van der Waals surface area contributed by atoms with E-state index in [9.17, 15) is 9.59 Å². The summed E-state index contributed by atoms with van der Waals surface area (Å²) in [6.45, 7) is 2.03. The summed E-state index contributed by atoms with van der Waals surface area (Å²) in [6, 6.07) is 14.5. The van der Waals surface area contributed by atoms with E-state index in [2.05, 4.69) is 11.6 Å². The Morgan fingerprint density at radius 2 is 1.61 bits per heavy atom. The quantitative estimate of drug-likeness (QED) is 0.749. The molecule has 2 aromatic rings. The van der Waals surface area contributed by atoms with E-state index in [0.717, 1.165) is 26.1 Å². The second-order valence-corrected chi connectivity index (χ2v) is 8.04. The van der Waals surface area contributed by atoms with E-state index in [4.69, 9.17) is 9.47 Å². The summed E-state index contributed by atoms with van der Waals surface area (Å²) in [6.07, 6.45) is 3.92. The Kier molecular flexibility index (Phi) is 6.75. The number of ether oxygens (including phenoxy) is 2. The van der Waals surface area contributed by atoms with Crippen molar-refractivity contribution in [1.29, 1.82) is 0 Å². The normalized spacial score (nSPS) is 15.6. The molecule has 1 fully saturated rings. The molecule has 0 aromatic heterocycles. The molecule has 0 radical (unpaired) electrons. The van der Waals surface area contributed by atoms with Gasteiger partial charge < -0.3 is 14.8 Å². The Morgan fingerprint density at radius 3 is 2.21 bits per heavy atom. The Hall–Kier alpha value is -2.31. The topological polar surface area (TPSA) is 64.6 Å². The van der Waals surface area contributed by atoms with Gasteiger partial charge in [-0.25, -0.2) is 4.79 Å². The van der Waals surface area contributed by atoms with Crippen molar-refractivity contribution in [2.75, 3.05) is 33.1 Å². The Morgan fingerprint density at radius 1 is 1.04 bits per heavy atom. The zero-order valence-corrected chi connectivity index (χ0v) is 17.0. The van der Waals surface area contributed by atoms with Crippen LogP contribution in [0.3, 0.4) is 0 Å². The third kappa shape index (κ3) is 4.39. The molecule has 1 heterocycles. The van der Waals surface area contributed by atoms with Gasteiger partial charge in [-0.1, -0.05) is 36.4 Å². The maximum absolute atomic E-state index is 13.0. The van der Waals surface area contributed by atoms with E-state index in [1.807, 2.05) is 30.3 Å². The van der Waals surface area contributed by atoms with Crippen LogP contribution in [0.5, 0.6) is 0 Å². The Labute approximate surface area is 169 Å². The predicted octanol–water partition coefficient (Wildman–Crippen LogP) is 3.78. The molecule has 0 saturated carbocycles. The van der Waals surface area contributed by atoms with Gasteiger partial charge in [-0.05, 0) is 42.4 Å². The molecule has 28 heavy (non-hydrogen) atoms. The fraction of sp³-hybridized carbons (Fsp3) is 0.364. The molecule has 0 spiro atoms. The molecule has 148 valence electrons. The predicted molar refractivity (Wildman–Crippen MR) is 112 cm³/mol. The van der Waals surface area contributed by atoms with Crippen LogP contribution in [0.4, 0.5) is 0 Å². The van der Waals surface area contributed by atoms with Crippen LogP contribution < -0.4 is 5.32 Å². The lowest BCUT2D eigenvalue weighted by Crippen LogP contribution is -2.44. The minimum atomic E-state index is -0.422. The van der Waals surface area contributed by atoms with Crippen LogP contribution in [0.2, 0.25) is 0 Å². The average molecular weight is 400 g/mol. The van der Waals surface area contributed by atoms with Crippen molar-refractivity contribution in [3.8, 4) is 11.1 Å². The van der Waals surface area contributed by atoms with Crippen LogP contribution in [0.1, 0.15) is 33.6 Å². The van der Waals surface area contributed by atoms with E-state index in [1.54, 1.807) is 30.0 Å². The fourth-order valence-corrected chi connectivity index (χ4v) is 4.25. The Bertz CT molecular complexity index is 846. The summed E-state index contributed by atoms with van der Waals surface area (Å²) >= 11 is 1.78. The molecule has 1 aliphatic heterocycles. The number of hydrogen-bond acceptors (Lipinski definition) is 5. The third-order valence-electron chi connectivity index (χ3n) is 5.20.